The number of benzene rings is 2. The van der Waals surface area contributed by atoms with Crippen LogP contribution in [0, 0.1) is 0 Å². The highest BCUT2D eigenvalue weighted by molar-refractivity contribution is 5.91. The Hall–Kier alpha value is -3.41. The molecule has 0 amide bonds. The molecule has 0 saturated carbocycles. The normalized spacial score (nSPS) is 10.7. The molecule has 1 aromatic heterocycles. The summed E-state index contributed by atoms with van der Waals surface area (Å²) in [4.78, 5) is 34.9. The van der Waals surface area contributed by atoms with E-state index in [1.165, 1.54) is 6.07 Å². The van der Waals surface area contributed by atoms with Gasteiger partial charge >= 0.3 is 11.9 Å². The molecule has 6 heteroatoms. The summed E-state index contributed by atoms with van der Waals surface area (Å²) in [5, 5.41) is 18.3. The van der Waals surface area contributed by atoms with Crippen LogP contribution in [0.1, 0.15) is 27.2 Å². The fourth-order valence-electron chi connectivity index (χ4n) is 2.71. The van der Waals surface area contributed by atoms with E-state index in [4.69, 9.17) is 9.52 Å². The van der Waals surface area contributed by atoms with Gasteiger partial charge < -0.3 is 14.6 Å². The molecule has 1 heterocycles. The van der Waals surface area contributed by atoms with Gasteiger partial charge in [-0.3, -0.25) is 9.59 Å². The van der Waals surface area contributed by atoms with Gasteiger partial charge in [-0.15, -0.1) is 0 Å². The number of carbonyl (C=O) groups is 2. The van der Waals surface area contributed by atoms with Crippen molar-refractivity contribution in [1.82, 2.24) is 0 Å². The molecule has 0 aliphatic heterocycles. The Balaban J connectivity index is 2.14. The zero-order valence-corrected chi connectivity index (χ0v) is 13.1. The van der Waals surface area contributed by atoms with Gasteiger partial charge in [0, 0.05) is 0 Å². The fraction of sp³-hybridized carbons (Fsp3) is 0.105. The molecule has 3 rings (SSSR count). The van der Waals surface area contributed by atoms with E-state index >= 15 is 0 Å². The Kier molecular flexibility index (Phi) is 4.35. The molecule has 0 spiro atoms. The zero-order chi connectivity index (χ0) is 18.0. The first-order chi connectivity index (χ1) is 12.0. The van der Waals surface area contributed by atoms with Gasteiger partial charge in [0.1, 0.15) is 5.58 Å². The Labute approximate surface area is 142 Å². The molecule has 0 radical (unpaired) electrons. The van der Waals surface area contributed by atoms with Crippen molar-refractivity contribution in [3.05, 3.63) is 81.2 Å². The second kappa shape index (κ2) is 6.60. The molecule has 0 fully saturated rings. The third-order valence-corrected chi connectivity index (χ3v) is 3.82. The molecule has 3 aromatic rings. The van der Waals surface area contributed by atoms with Crippen LogP contribution >= 0.6 is 0 Å². The van der Waals surface area contributed by atoms with E-state index in [9.17, 15) is 19.5 Å². The third-order valence-electron chi connectivity index (χ3n) is 3.82. The summed E-state index contributed by atoms with van der Waals surface area (Å²) in [5.41, 5.74) is 1.03. The molecule has 0 bridgehead atoms. The van der Waals surface area contributed by atoms with Gasteiger partial charge in [0.05, 0.1) is 17.4 Å². The Morgan fingerprint density at radius 1 is 0.960 bits per heavy atom. The summed E-state index contributed by atoms with van der Waals surface area (Å²) >= 11 is 0. The Morgan fingerprint density at radius 3 is 2.32 bits per heavy atom. The van der Waals surface area contributed by atoms with Crippen LogP contribution in [0.15, 0.2) is 57.7 Å². The predicted octanol–water partition coefficient (Wildman–Crippen LogP) is 2.71. The second-order valence-electron chi connectivity index (χ2n) is 5.61. The summed E-state index contributed by atoms with van der Waals surface area (Å²) < 4.78 is 5.28. The van der Waals surface area contributed by atoms with E-state index in [2.05, 4.69) is 0 Å². The maximum absolute atomic E-state index is 12.6. The van der Waals surface area contributed by atoms with E-state index in [0.29, 0.717) is 6.42 Å². The molecular weight excluding hydrogens is 324 g/mol. The molecule has 0 unspecified atom stereocenters. The smallest absolute Gasteiger partial charge is 0.372 e. The van der Waals surface area contributed by atoms with Crippen molar-refractivity contribution in [2.45, 2.75) is 12.8 Å². The van der Waals surface area contributed by atoms with Crippen molar-refractivity contribution in [1.29, 1.82) is 0 Å². The second-order valence-corrected chi connectivity index (χ2v) is 5.61. The molecule has 0 aliphatic carbocycles. The average Bonchev–Trinajstić information content (AvgIpc) is 2.58. The highest BCUT2D eigenvalue weighted by atomic mass is 16.4. The monoisotopic (exact) mass is 338 g/mol. The van der Waals surface area contributed by atoms with Crippen molar-refractivity contribution >= 4 is 22.9 Å². The Morgan fingerprint density at radius 2 is 1.68 bits per heavy atom. The summed E-state index contributed by atoms with van der Waals surface area (Å²) in [6, 6.07) is 14.5. The van der Waals surface area contributed by atoms with Crippen molar-refractivity contribution in [2.24, 2.45) is 0 Å². The minimum Gasteiger partial charge on any atom is -0.481 e. The number of rotatable bonds is 5. The molecule has 0 aliphatic rings. The van der Waals surface area contributed by atoms with Gasteiger partial charge in [-0.25, -0.2) is 4.79 Å². The third kappa shape index (κ3) is 3.42. The van der Waals surface area contributed by atoms with Gasteiger partial charge in [0.25, 0.3) is 0 Å². The fourth-order valence-corrected chi connectivity index (χ4v) is 2.71. The van der Waals surface area contributed by atoms with Crippen LogP contribution in [0.25, 0.3) is 11.0 Å². The van der Waals surface area contributed by atoms with E-state index in [-0.39, 0.29) is 16.5 Å². The van der Waals surface area contributed by atoms with Crippen LogP contribution in [-0.4, -0.2) is 22.2 Å². The first-order valence-corrected chi connectivity index (χ1v) is 7.53. The molecule has 0 saturated heterocycles. The number of carboxylic acids is 2. The largest absolute Gasteiger partial charge is 0.481 e. The minimum atomic E-state index is -1.47. The topological polar surface area (TPSA) is 105 Å². The Bertz CT molecular complexity index is 1020. The van der Waals surface area contributed by atoms with Crippen molar-refractivity contribution in [2.75, 3.05) is 0 Å². The lowest BCUT2D eigenvalue weighted by atomic mass is 10.0. The lowest BCUT2D eigenvalue weighted by molar-refractivity contribution is -0.136. The quantitative estimate of drug-likeness (QED) is 0.741. The number of carboxylic acid groups (broad SMARTS) is 2. The van der Waals surface area contributed by atoms with Gasteiger partial charge in [0.15, 0.2) is 5.43 Å². The van der Waals surface area contributed by atoms with Crippen molar-refractivity contribution < 1.29 is 24.2 Å². The molecular formula is C19H14O6. The zero-order valence-electron chi connectivity index (χ0n) is 13.1. The summed E-state index contributed by atoms with van der Waals surface area (Å²) in [6.07, 6.45) is -0.117. The number of hydrogen-bond acceptors (Lipinski definition) is 4. The first-order valence-electron chi connectivity index (χ1n) is 7.53. The number of aliphatic carboxylic acids is 1. The van der Waals surface area contributed by atoms with Crippen molar-refractivity contribution in [3.63, 3.8) is 0 Å². The highest BCUT2D eigenvalue weighted by Crippen LogP contribution is 2.20. The number of hydrogen-bond donors (Lipinski definition) is 2. The van der Waals surface area contributed by atoms with Crippen LogP contribution < -0.4 is 5.43 Å². The summed E-state index contributed by atoms with van der Waals surface area (Å²) in [7, 11) is 0. The number of fused-ring (bicyclic) bond motifs is 1. The number of aromatic carboxylic acids is 1. The maximum Gasteiger partial charge on any atom is 0.372 e. The highest BCUT2D eigenvalue weighted by Gasteiger charge is 2.22. The lowest BCUT2D eigenvalue weighted by Crippen LogP contribution is -2.19. The van der Waals surface area contributed by atoms with E-state index in [1.807, 2.05) is 30.3 Å². The molecule has 6 nitrogen and oxygen atoms in total. The van der Waals surface area contributed by atoms with Crippen LogP contribution in [0.5, 0.6) is 0 Å². The van der Waals surface area contributed by atoms with Gasteiger partial charge in [-0.2, -0.15) is 0 Å². The van der Waals surface area contributed by atoms with Crippen LogP contribution in [0.2, 0.25) is 0 Å². The van der Waals surface area contributed by atoms with Gasteiger partial charge in [0.2, 0.25) is 5.76 Å². The van der Waals surface area contributed by atoms with Crippen molar-refractivity contribution in [3.8, 4) is 0 Å². The average molecular weight is 338 g/mol. The van der Waals surface area contributed by atoms with Gasteiger partial charge in [-0.05, 0) is 29.7 Å². The molecule has 2 N–H and O–H groups in total. The van der Waals surface area contributed by atoms with E-state index < -0.39 is 29.5 Å². The minimum absolute atomic E-state index is 0.119. The van der Waals surface area contributed by atoms with E-state index in [1.54, 1.807) is 12.1 Å². The molecule has 0 atom stereocenters. The standard InChI is InChI=1S/C19H14O6/c20-16(21)10-14-17(22)13-9-12(8-11-4-2-1-3-5-11)6-7-15(13)25-18(14)19(23)24/h1-7,9H,8,10H2,(H,20,21)(H,23,24). The van der Waals surface area contributed by atoms with E-state index in [0.717, 1.165) is 11.1 Å². The lowest BCUT2D eigenvalue weighted by Gasteiger charge is -2.07. The first kappa shape index (κ1) is 16.4. The molecule has 25 heavy (non-hydrogen) atoms. The predicted molar refractivity (Wildman–Crippen MR) is 90.0 cm³/mol. The SMILES string of the molecule is O=C(O)Cc1c(C(=O)O)oc2ccc(Cc3ccccc3)cc2c1=O. The molecule has 126 valence electrons. The van der Waals surface area contributed by atoms with Crippen LogP contribution in [-0.2, 0) is 17.6 Å². The summed E-state index contributed by atoms with van der Waals surface area (Å²) in [6.45, 7) is 0. The maximum atomic E-state index is 12.6. The van der Waals surface area contributed by atoms with Crippen LogP contribution in [0.3, 0.4) is 0 Å². The van der Waals surface area contributed by atoms with Gasteiger partial charge in [-0.1, -0.05) is 36.4 Å². The van der Waals surface area contributed by atoms with Crippen LogP contribution in [0.4, 0.5) is 0 Å². The summed E-state index contributed by atoms with van der Waals surface area (Å²) in [5.74, 6) is -3.39. The molecule has 2 aromatic carbocycles.